The van der Waals surface area contributed by atoms with Crippen LogP contribution in [-0.4, -0.2) is 34.6 Å². The predicted molar refractivity (Wildman–Crippen MR) is 110 cm³/mol. The van der Waals surface area contributed by atoms with Crippen LogP contribution in [0, 0.1) is 6.92 Å². The number of rotatable bonds is 5. The molecule has 1 aliphatic heterocycles. The molecule has 0 saturated carbocycles. The highest BCUT2D eigenvalue weighted by Gasteiger charge is 2.31. The Morgan fingerprint density at radius 3 is 2.90 bits per heavy atom. The molecule has 29 heavy (non-hydrogen) atoms. The Hall–Kier alpha value is -3.20. The van der Waals surface area contributed by atoms with Crippen molar-refractivity contribution in [1.29, 1.82) is 0 Å². The molecule has 0 bridgehead atoms. The first-order valence-electron chi connectivity index (χ1n) is 9.20. The van der Waals surface area contributed by atoms with Crippen molar-refractivity contribution in [2.24, 2.45) is 0 Å². The second-order valence-electron chi connectivity index (χ2n) is 6.60. The molecule has 3 N–H and O–H groups in total. The summed E-state index contributed by atoms with van der Waals surface area (Å²) in [7, 11) is 1.62. The van der Waals surface area contributed by atoms with Crippen LogP contribution in [0.3, 0.4) is 0 Å². The van der Waals surface area contributed by atoms with Crippen molar-refractivity contribution in [3.8, 4) is 22.2 Å². The minimum atomic E-state index is -0.276. The SMILES string of the molecule is CCOc1nc(-c2cc(OC)ccc2C2Cc3nc(N)nc(C)c3C(=O)N2)cs1. The fourth-order valence-electron chi connectivity index (χ4n) is 3.52. The fraction of sp³-hybridized carbons (Fsp3) is 0.300. The number of nitrogens with two attached hydrogens (primary N) is 1. The minimum absolute atomic E-state index is 0.172. The number of hydrogen-bond donors (Lipinski definition) is 2. The van der Waals surface area contributed by atoms with E-state index in [1.54, 1.807) is 14.0 Å². The molecule has 1 atom stereocenters. The van der Waals surface area contributed by atoms with Gasteiger partial charge in [-0.05, 0) is 31.5 Å². The summed E-state index contributed by atoms with van der Waals surface area (Å²) in [6.07, 6.45) is 0.510. The maximum Gasteiger partial charge on any atom is 0.273 e. The van der Waals surface area contributed by atoms with Crippen LogP contribution < -0.4 is 20.5 Å². The third-order valence-electron chi connectivity index (χ3n) is 4.77. The number of aromatic nitrogens is 3. The van der Waals surface area contributed by atoms with Gasteiger partial charge in [-0.2, -0.15) is 0 Å². The van der Waals surface area contributed by atoms with Gasteiger partial charge in [0.2, 0.25) is 5.95 Å². The molecular formula is C20H21N5O3S. The van der Waals surface area contributed by atoms with Crippen LogP contribution in [0.1, 0.15) is 40.3 Å². The largest absolute Gasteiger partial charge is 0.497 e. The highest BCUT2D eigenvalue weighted by molar-refractivity contribution is 7.11. The van der Waals surface area contributed by atoms with Crippen LogP contribution in [0.5, 0.6) is 10.9 Å². The number of ether oxygens (including phenoxy) is 2. The van der Waals surface area contributed by atoms with E-state index in [1.165, 1.54) is 11.3 Å². The number of aryl methyl sites for hydroxylation is 1. The van der Waals surface area contributed by atoms with Crippen molar-refractivity contribution in [3.05, 3.63) is 46.1 Å². The monoisotopic (exact) mass is 411 g/mol. The van der Waals surface area contributed by atoms with Gasteiger partial charge in [0.25, 0.3) is 11.1 Å². The summed E-state index contributed by atoms with van der Waals surface area (Å²) >= 11 is 1.43. The van der Waals surface area contributed by atoms with Gasteiger partial charge in [0, 0.05) is 17.4 Å². The molecule has 0 fully saturated rings. The molecule has 4 rings (SSSR count). The number of methoxy groups -OCH3 is 1. The Kier molecular flexibility index (Phi) is 5.06. The fourth-order valence-corrected chi connectivity index (χ4v) is 4.25. The molecule has 1 amide bonds. The average molecular weight is 411 g/mol. The van der Waals surface area contributed by atoms with E-state index in [9.17, 15) is 4.79 Å². The zero-order valence-electron chi connectivity index (χ0n) is 16.4. The number of benzene rings is 1. The van der Waals surface area contributed by atoms with Gasteiger partial charge in [-0.1, -0.05) is 17.4 Å². The van der Waals surface area contributed by atoms with Gasteiger partial charge >= 0.3 is 0 Å². The number of nitrogens with one attached hydrogen (secondary N) is 1. The molecule has 0 aliphatic carbocycles. The van der Waals surface area contributed by atoms with Crippen LogP contribution in [-0.2, 0) is 6.42 Å². The second-order valence-corrected chi connectivity index (χ2v) is 7.42. The van der Waals surface area contributed by atoms with E-state index < -0.39 is 0 Å². The number of carbonyl (C=O) groups excluding carboxylic acids is 1. The Balaban J connectivity index is 1.77. The molecule has 0 saturated heterocycles. The van der Waals surface area contributed by atoms with Crippen molar-refractivity contribution in [2.75, 3.05) is 19.5 Å². The van der Waals surface area contributed by atoms with E-state index in [-0.39, 0.29) is 17.9 Å². The van der Waals surface area contributed by atoms with E-state index in [2.05, 4.69) is 20.3 Å². The summed E-state index contributed by atoms with van der Waals surface area (Å²) in [6, 6.07) is 5.46. The lowest BCUT2D eigenvalue weighted by atomic mass is 9.90. The third-order valence-corrected chi connectivity index (χ3v) is 5.53. The predicted octanol–water partition coefficient (Wildman–Crippen LogP) is 2.93. The molecule has 3 aromatic rings. The zero-order chi connectivity index (χ0) is 20.5. The molecule has 0 radical (unpaired) electrons. The van der Waals surface area contributed by atoms with Gasteiger partial charge < -0.3 is 20.5 Å². The molecule has 1 unspecified atom stereocenters. The molecular weight excluding hydrogens is 390 g/mol. The smallest absolute Gasteiger partial charge is 0.273 e. The van der Waals surface area contributed by atoms with Gasteiger partial charge in [-0.15, -0.1) is 0 Å². The van der Waals surface area contributed by atoms with E-state index >= 15 is 0 Å². The van der Waals surface area contributed by atoms with Gasteiger partial charge in [0.1, 0.15) is 5.75 Å². The van der Waals surface area contributed by atoms with E-state index in [0.717, 1.165) is 16.8 Å². The average Bonchev–Trinajstić information content (AvgIpc) is 3.15. The Labute approximate surface area is 172 Å². The normalized spacial score (nSPS) is 15.6. The highest BCUT2D eigenvalue weighted by atomic mass is 32.1. The number of carbonyl (C=O) groups is 1. The third kappa shape index (κ3) is 3.61. The second kappa shape index (κ2) is 7.67. The summed E-state index contributed by atoms with van der Waals surface area (Å²) in [5, 5.41) is 5.61. The lowest BCUT2D eigenvalue weighted by molar-refractivity contribution is 0.0922. The minimum Gasteiger partial charge on any atom is -0.497 e. The van der Waals surface area contributed by atoms with Crippen LogP contribution in [0.4, 0.5) is 5.95 Å². The Morgan fingerprint density at radius 1 is 1.31 bits per heavy atom. The highest BCUT2D eigenvalue weighted by Crippen LogP contribution is 2.37. The number of fused-ring (bicyclic) bond motifs is 1. The van der Waals surface area contributed by atoms with E-state index in [4.69, 9.17) is 15.2 Å². The van der Waals surface area contributed by atoms with Gasteiger partial charge in [-0.25, -0.2) is 15.0 Å². The lowest BCUT2D eigenvalue weighted by Crippen LogP contribution is -2.37. The maximum atomic E-state index is 12.8. The molecule has 2 aromatic heterocycles. The Bertz CT molecular complexity index is 1080. The standard InChI is InChI=1S/C20H21N5O3S/c1-4-28-20-25-16(9-29-20)13-7-11(27-3)5-6-12(13)14-8-15-17(18(26)23-14)10(2)22-19(21)24-15/h5-7,9,14H,4,8H2,1-3H3,(H,23,26)(H2,21,22,24). The first kappa shape index (κ1) is 19.1. The van der Waals surface area contributed by atoms with Gasteiger partial charge in [-0.3, -0.25) is 4.79 Å². The summed E-state index contributed by atoms with van der Waals surface area (Å²) in [5.74, 6) is 0.675. The maximum absolute atomic E-state index is 12.8. The van der Waals surface area contributed by atoms with Crippen LogP contribution in [0.25, 0.3) is 11.3 Å². The number of amides is 1. The topological polar surface area (TPSA) is 112 Å². The first-order valence-corrected chi connectivity index (χ1v) is 10.1. The van der Waals surface area contributed by atoms with Crippen LogP contribution >= 0.6 is 11.3 Å². The summed E-state index contributed by atoms with van der Waals surface area (Å²) in [4.78, 5) is 25.8. The lowest BCUT2D eigenvalue weighted by Gasteiger charge is -2.27. The molecule has 1 aliphatic rings. The number of nitrogen functional groups attached to an aromatic ring is 1. The molecule has 150 valence electrons. The van der Waals surface area contributed by atoms with Crippen molar-refractivity contribution >= 4 is 23.2 Å². The molecule has 9 heteroatoms. The van der Waals surface area contributed by atoms with Gasteiger partial charge in [0.05, 0.1) is 42.4 Å². The molecule has 8 nitrogen and oxygen atoms in total. The quantitative estimate of drug-likeness (QED) is 0.664. The Morgan fingerprint density at radius 2 is 2.14 bits per heavy atom. The number of anilines is 1. The van der Waals surface area contributed by atoms with Crippen molar-refractivity contribution in [3.63, 3.8) is 0 Å². The van der Waals surface area contributed by atoms with Crippen molar-refractivity contribution < 1.29 is 14.3 Å². The number of nitrogens with zero attached hydrogens (tertiary/aromatic N) is 3. The van der Waals surface area contributed by atoms with E-state index in [0.29, 0.717) is 40.9 Å². The van der Waals surface area contributed by atoms with E-state index in [1.807, 2.05) is 30.5 Å². The molecule has 0 spiro atoms. The molecule has 1 aromatic carbocycles. The number of thiazole rings is 1. The number of hydrogen-bond acceptors (Lipinski definition) is 8. The van der Waals surface area contributed by atoms with Gasteiger partial charge in [0.15, 0.2) is 0 Å². The van der Waals surface area contributed by atoms with Crippen LogP contribution in [0.2, 0.25) is 0 Å². The summed E-state index contributed by atoms with van der Waals surface area (Å²) in [6.45, 7) is 4.23. The summed E-state index contributed by atoms with van der Waals surface area (Å²) < 4.78 is 10.9. The van der Waals surface area contributed by atoms with Crippen molar-refractivity contribution in [1.82, 2.24) is 20.3 Å². The van der Waals surface area contributed by atoms with Crippen LogP contribution in [0.15, 0.2) is 23.6 Å². The zero-order valence-corrected chi connectivity index (χ0v) is 17.2. The summed E-state index contributed by atoms with van der Waals surface area (Å²) in [5.41, 5.74) is 10.1. The molecule has 3 heterocycles. The van der Waals surface area contributed by atoms with Crippen molar-refractivity contribution in [2.45, 2.75) is 26.3 Å². The first-order chi connectivity index (χ1) is 14.0.